The van der Waals surface area contributed by atoms with Crippen molar-refractivity contribution < 1.29 is 4.79 Å². The number of rotatable bonds is 2. The van der Waals surface area contributed by atoms with Crippen LogP contribution in [-0.4, -0.2) is 23.9 Å². The molecule has 2 atom stereocenters. The van der Waals surface area contributed by atoms with Gasteiger partial charge in [0.1, 0.15) is 0 Å². The number of hydrogen-bond donors (Lipinski definition) is 0. The second-order valence-corrected chi connectivity index (χ2v) is 6.62. The number of allylic oxidation sites excluding steroid dienone is 2. The van der Waals surface area contributed by atoms with Crippen LogP contribution < -0.4 is 0 Å². The summed E-state index contributed by atoms with van der Waals surface area (Å²) >= 11 is 0. The van der Waals surface area contributed by atoms with Gasteiger partial charge >= 0.3 is 0 Å². The molecule has 0 bridgehead atoms. The quantitative estimate of drug-likeness (QED) is 0.754. The molecule has 0 N–H and O–H groups in total. The molecule has 2 nitrogen and oxygen atoms in total. The molecule has 104 valence electrons. The normalized spacial score (nSPS) is 30.1. The summed E-state index contributed by atoms with van der Waals surface area (Å²) in [4.78, 5) is 15.1. The van der Waals surface area contributed by atoms with E-state index in [1.807, 2.05) is 6.07 Å². The molecule has 0 aromatic heterocycles. The monoisotopic (exact) mass is 267 g/mol. The van der Waals surface area contributed by atoms with Crippen molar-refractivity contribution in [3.63, 3.8) is 0 Å². The smallest absolute Gasteiger partial charge is 0.233 e. The summed E-state index contributed by atoms with van der Waals surface area (Å²) in [6.07, 6.45) is 8.96. The van der Waals surface area contributed by atoms with Gasteiger partial charge in [-0.25, -0.2) is 0 Å². The molecule has 2 heteroatoms. The van der Waals surface area contributed by atoms with E-state index in [4.69, 9.17) is 0 Å². The summed E-state index contributed by atoms with van der Waals surface area (Å²) in [5, 5.41) is 0. The highest BCUT2D eigenvalue weighted by molar-refractivity contribution is 5.91. The molecular formula is C18H21NO. The molecule has 1 saturated carbocycles. The van der Waals surface area contributed by atoms with Crippen LogP contribution in [0.5, 0.6) is 0 Å². The lowest BCUT2D eigenvalue weighted by Crippen LogP contribution is -2.38. The average molecular weight is 267 g/mol. The molecule has 0 spiro atoms. The summed E-state index contributed by atoms with van der Waals surface area (Å²) in [6.45, 7) is 1.95. The van der Waals surface area contributed by atoms with Gasteiger partial charge in [-0.3, -0.25) is 4.79 Å². The van der Waals surface area contributed by atoms with Gasteiger partial charge in [-0.15, -0.1) is 0 Å². The van der Waals surface area contributed by atoms with Crippen LogP contribution >= 0.6 is 0 Å². The fraction of sp³-hybridized carbons (Fsp3) is 0.500. The van der Waals surface area contributed by atoms with Crippen molar-refractivity contribution in [2.45, 2.75) is 31.1 Å². The first kappa shape index (κ1) is 12.2. The van der Waals surface area contributed by atoms with Gasteiger partial charge in [0.15, 0.2) is 0 Å². The topological polar surface area (TPSA) is 20.3 Å². The van der Waals surface area contributed by atoms with Crippen molar-refractivity contribution in [1.29, 1.82) is 0 Å². The molecule has 1 aliphatic heterocycles. The van der Waals surface area contributed by atoms with E-state index in [-0.39, 0.29) is 5.41 Å². The van der Waals surface area contributed by atoms with Crippen LogP contribution in [-0.2, 0) is 10.2 Å². The average Bonchev–Trinajstić information content (AvgIpc) is 3.20. The molecular weight excluding hydrogens is 246 g/mol. The minimum Gasteiger partial charge on any atom is -0.341 e. The van der Waals surface area contributed by atoms with Crippen molar-refractivity contribution in [2.75, 3.05) is 13.1 Å². The van der Waals surface area contributed by atoms with E-state index in [0.29, 0.717) is 17.7 Å². The first-order valence-corrected chi connectivity index (χ1v) is 7.79. The predicted octanol–water partition coefficient (Wildman–Crippen LogP) is 3.14. The molecule has 2 unspecified atom stereocenters. The van der Waals surface area contributed by atoms with Gasteiger partial charge in [0, 0.05) is 13.1 Å². The number of carbonyl (C=O) groups excluding carboxylic acids is 1. The lowest BCUT2D eigenvalue weighted by molar-refractivity contribution is -0.133. The van der Waals surface area contributed by atoms with Crippen molar-refractivity contribution in [3.05, 3.63) is 48.0 Å². The van der Waals surface area contributed by atoms with E-state index in [0.717, 1.165) is 38.8 Å². The van der Waals surface area contributed by atoms with E-state index in [9.17, 15) is 4.79 Å². The van der Waals surface area contributed by atoms with Gasteiger partial charge in [0.2, 0.25) is 5.91 Å². The number of fused-ring (bicyclic) bond motifs is 1. The Morgan fingerprint density at radius 2 is 1.60 bits per heavy atom. The van der Waals surface area contributed by atoms with Gasteiger partial charge in [0.05, 0.1) is 5.41 Å². The maximum atomic E-state index is 13.0. The molecule has 1 saturated heterocycles. The maximum absolute atomic E-state index is 13.0. The minimum absolute atomic E-state index is 0.178. The summed E-state index contributed by atoms with van der Waals surface area (Å²) in [6, 6.07) is 10.4. The van der Waals surface area contributed by atoms with E-state index in [1.54, 1.807) is 0 Å². The van der Waals surface area contributed by atoms with E-state index < -0.39 is 0 Å². The van der Waals surface area contributed by atoms with Gasteiger partial charge in [0.25, 0.3) is 0 Å². The Labute approximate surface area is 120 Å². The van der Waals surface area contributed by atoms with Crippen LogP contribution in [0.25, 0.3) is 0 Å². The number of hydrogen-bond acceptors (Lipinski definition) is 1. The highest BCUT2D eigenvalue weighted by Gasteiger charge is 2.54. The fourth-order valence-corrected chi connectivity index (χ4v) is 3.99. The Balaban J connectivity index is 1.54. The zero-order chi connectivity index (χ0) is 13.6. The van der Waals surface area contributed by atoms with Crippen molar-refractivity contribution in [3.8, 4) is 0 Å². The molecule has 2 fully saturated rings. The summed E-state index contributed by atoms with van der Waals surface area (Å²) in [5.41, 5.74) is 1.04. The van der Waals surface area contributed by atoms with E-state index in [2.05, 4.69) is 41.3 Å². The minimum atomic E-state index is -0.178. The Bertz CT molecular complexity index is 528. The van der Waals surface area contributed by atoms with Crippen LogP contribution in [0.4, 0.5) is 0 Å². The number of nitrogens with zero attached hydrogens (tertiary/aromatic N) is 1. The van der Waals surface area contributed by atoms with Gasteiger partial charge < -0.3 is 4.90 Å². The second kappa shape index (κ2) is 4.47. The predicted molar refractivity (Wildman–Crippen MR) is 79.3 cm³/mol. The second-order valence-electron chi connectivity index (χ2n) is 6.62. The largest absolute Gasteiger partial charge is 0.341 e. The molecule has 1 amide bonds. The number of likely N-dealkylation sites (tertiary alicyclic amines) is 1. The maximum Gasteiger partial charge on any atom is 0.233 e. The Morgan fingerprint density at radius 1 is 1.00 bits per heavy atom. The lowest BCUT2D eigenvalue weighted by Gasteiger charge is -2.23. The van der Waals surface area contributed by atoms with Crippen molar-refractivity contribution in [2.24, 2.45) is 11.8 Å². The highest BCUT2D eigenvalue weighted by atomic mass is 16.2. The molecule has 1 aromatic rings. The van der Waals surface area contributed by atoms with Crippen LogP contribution in [0.1, 0.15) is 31.2 Å². The highest BCUT2D eigenvalue weighted by Crippen LogP contribution is 2.50. The third kappa shape index (κ3) is 1.81. The van der Waals surface area contributed by atoms with Gasteiger partial charge in [-0.05, 0) is 43.1 Å². The summed E-state index contributed by atoms with van der Waals surface area (Å²) in [5.74, 6) is 1.80. The first-order valence-electron chi connectivity index (χ1n) is 7.79. The van der Waals surface area contributed by atoms with Crippen molar-refractivity contribution in [1.82, 2.24) is 4.90 Å². The Hall–Kier alpha value is -1.57. The van der Waals surface area contributed by atoms with Crippen LogP contribution in [0.2, 0.25) is 0 Å². The fourth-order valence-electron chi connectivity index (χ4n) is 3.99. The number of amides is 1. The molecule has 2 aliphatic carbocycles. The number of carbonyl (C=O) groups is 1. The van der Waals surface area contributed by atoms with E-state index >= 15 is 0 Å². The summed E-state index contributed by atoms with van der Waals surface area (Å²) < 4.78 is 0. The molecule has 0 radical (unpaired) electrons. The standard InChI is InChI=1S/C18H21NO/c20-17(18(10-11-18)16-8-2-1-3-9-16)19-12-14-6-4-5-7-15(14)13-19/h1-5,8-9,14-15H,6-7,10-13H2. The SMILES string of the molecule is O=C(N1CC2CC=CCC2C1)C1(c2ccccc2)CC1. The Kier molecular flexibility index (Phi) is 2.73. The molecule has 3 aliphatic rings. The van der Waals surface area contributed by atoms with Crippen molar-refractivity contribution >= 4 is 5.91 Å². The Morgan fingerprint density at radius 3 is 2.15 bits per heavy atom. The number of benzene rings is 1. The van der Waals surface area contributed by atoms with Crippen LogP contribution in [0.3, 0.4) is 0 Å². The van der Waals surface area contributed by atoms with E-state index in [1.165, 1.54) is 5.56 Å². The van der Waals surface area contributed by atoms with Gasteiger partial charge in [-0.2, -0.15) is 0 Å². The first-order chi connectivity index (χ1) is 9.79. The molecule has 1 aromatic carbocycles. The zero-order valence-electron chi connectivity index (χ0n) is 11.8. The molecule has 20 heavy (non-hydrogen) atoms. The lowest BCUT2D eigenvalue weighted by atomic mass is 9.86. The van der Waals surface area contributed by atoms with Crippen LogP contribution in [0.15, 0.2) is 42.5 Å². The molecule has 1 heterocycles. The van der Waals surface area contributed by atoms with Crippen LogP contribution in [0, 0.1) is 11.8 Å². The third-order valence-electron chi connectivity index (χ3n) is 5.39. The molecule has 4 rings (SSSR count). The summed E-state index contributed by atoms with van der Waals surface area (Å²) in [7, 11) is 0. The van der Waals surface area contributed by atoms with Gasteiger partial charge in [-0.1, -0.05) is 42.5 Å². The zero-order valence-corrected chi connectivity index (χ0v) is 11.8. The third-order valence-corrected chi connectivity index (χ3v) is 5.39.